The minimum absolute atomic E-state index is 0.0336. The van der Waals surface area contributed by atoms with E-state index < -0.39 is 0 Å². The number of ether oxygens (including phenoxy) is 1. The first-order valence-corrected chi connectivity index (χ1v) is 9.04. The summed E-state index contributed by atoms with van der Waals surface area (Å²) in [6.07, 6.45) is 3.91. The standard InChI is InChI=1S/C20H22N2O3/c1-10-15(8-23)12-6-19-20-14(7-18(22(10)19)16(12)9-24)13-5-11(25-2)3-4-17(13)21-20/h3-5,8-10,12,15-16,18-19,21H,6-7H2,1-2H3/t10-,12?,15-,16+,18-,19-/m0/s1. The fourth-order valence-corrected chi connectivity index (χ4v) is 5.81. The highest BCUT2D eigenvalue weighted by atomic mass is 16.5. The van der Waals surface area contributed by atoms with E-state index in [9.17, 15) is 9.59 Å². The highest BCUT2D eigenvalue weighted by Gasteiger charge is 2.57. The number of H-pyrrole nitrogens is 1. The number of hydrogen-bond acceptors (Lipinski definition) is 4. The van der Waals surface area contributed by atoms with Gasteiger partial charge in [-0.3, -0.25) is 4.90 Å². The van der Waals surface area contributed by atoms with Crippen LogP contribution in [-0.2, 0) is 16.0 Å². The Bertz CT molecular complexity index is 873. The molecule has 6 rings (SSSR count). The Morgan fingerprint density at radius 1 is 1.24 bits per heavy atom. The third kappa shape index (κ3) is 1.82. The van der Waals surface area contributed by atoms with Crippen molar-refractivity contribution in [1.29, 1.82) is 0 Å². The highest BCUT2D eigenvalue weighted by molar-refractivity contribution is 5.87. The molecule has 0 spiro atoms. The van der Waals surface area contributed by atoms with Crippen molar-refractivity contribution >= 4 is 23.5 Å². The number of carbonyl (C=O) groups is 2. The summed E-state index contributed by atoms with van der Waals surface area (Å²) in [7, 11) is 1.68. The topological polar surface area (TPSA) is 62.4 Å². The van der Waals surface area contributed by atoms with Crippen LogP contribution in [0.2, 0.25) is 0 Å². The van der Waals surface area contributed by atoms with Crippen LogP contribution in [0, 0.1) is 17.8 Å². The molecule has 4 bridgehead atoms. The summed E-state index contributed by atoms with van der Waals surface area (Å²) in [5.41, 5.74) is 3.71. The minimum atomic E-state index is -0.0497. The zero-order chi connectivity index (χ0) is 17.3. The van der Waals surface area contributed by atoms with E-state index in [-0.39, 0.29) is 35.9 Å². The fourth-order valence-electron chi connectivity index (χ4n) is 5.81. The summed E-state index contributed by atoms with van der Waals surface area (Å²) in [5, 5.41) is 1.20. The van der Waals surface area contributed by atoms with Crippen molar-refractivity contribution in [1.82, 2.24) is 9.88 Å². The summed E-state index contributed by atoms with van der Waals surface area (Å²) in [6, 6.07) is 6.80. The summed E-state index contributed by atoms with van der Waals surface area (Å²) < 4.78 is 5.39. The summed E-state index contributed by atoms with van der Waals surface area (Å²) in [5.74, 6) is 0.937. The van der Waals surface area contributed by atoms with Gasteiger partial charge < -0.3 is 19.3 Å². The predicted octanol–water partition coefficient (Wildman–Crippen LogP) is 2.50. The molecule has 1 aromatic carbocycles. The van der Waals surface area contributed by atoms with Crippen LogP contribution in [0.15, 0.2) is 18.2 Å². The van der Waals surface area contributed by atoms with Gasteiger partial charge in [-0.1, -0.05) is 0 Å². The second-order valence-electron chi connectivity index (χ2n) is 7.73. The van der Waals surface area contributed by atoms with E-state index in [1.807, 2.05) is 6.07 Å². The van der Waals surface area contributed by atoms with Gasteiger partial charge >= 0.3 is 0 Å². The molecule has 2 unspecified atom stereocenters. The van der Waals surface area contributed by atoms with Crippen LogP contribution in [0.5, 0.6) is 5.75 Å². The van der Waals surface area contributed by atoms with Gasteiger partial charge in [0.05, 0.1) is 13.2 Å². The van der Waals surface area contributed by atoms with Gasteiger partial charge in [-0.15, -0.1) is 0 Å². The molecule has 25 heavy (non-hydrogen) atoms. The van der Waals surface area contributed by atoms with Gasteiger partial charge in [0.1, 0.15) is 18.3 Å². The van der Waals surface area contributed by atoms with Crippen LogP contribution in [0.25, 0.3) is 10.9 Å². The molecule has 5 heterocycles. The highest BCUT2D eigenvalue weighted by Crippen LogP contribution is 2.55. The number of aldehydes is 2. The van der Waals surface area contributed by atoms with E-state index in [0.717, 1.165) is 36.7 Å². The van der Waals surface area contributed by atoms with Crippen molar-refractivity contribution in [2.24, 2.45) is 17.8 Å². The lowest BCUT2D eigenvalue weighted by atomic mass is 9.60. The van der Waals surface area contributed by atoms with Crippen LogP contribution in [0.3, 0.4) is 0 Å². The molecule has 0 saturated carbocycles. The molecule has 3 fully saturated rings. The number of aromatic amines is 1. The van der Waals surface area contributed by atoms with Crippen molar-refractivity contribution < 1.29 is 14.3 Å². The van der Waals surface area contributed by atoms with Gasteiger partial charge in [-0.25, -0.2) is 0 Å². The van der Waals surface area contributed by atoms with Gasteiger partial charge in [0.15, 0.2) is 0 Å². The molecule has 4 aliphatic rings. The molecule has 5 nitrogen and oxygen atoms in total. The van der Waals surface area contributed by atoms with Gasteiger partial charge in [0, 0.05) is 40.5 Å². The fraction of sp³-hybridized carbons (Fsp3) is 0.500. The van der Waals surface area contributed by atoms with Crippen molar-refractivity contribution in [3.05, 3.63) is 29.5 Å². The Labute approximate surface area is 146 Å². The maximum atomic E-state index is 11.9. The van der Waals surface area contributed by atoms with E-state index in [1.165, 1.54) is 16.6 Å². The molecule has 130 valence electrons. The van der Waals surface area contributed by atoms with Gasteiger partial charge in [0.2, 0.25) is 0 Å². The molecule has 3 saturated heterocycles. The normalized spacial score (nSPS) is 38.4. The minimum Gasteiger partial charge on any atom is -0.497 e. The molecule has 2 aromatic rings. The Kier molecular flexibility index (Phi) is 3.14. The second kappa shape index (κ2) is 5.18. The number of benzene rings is 1. The average Bonchev–Trinajstić information content (AvgIpc) is 2.99. The monoisotopic (exact) mass is 338 g/mol. The second-order valence-corrected chi connectivity index (χ2v) is 7.73. The molecule has 4 aliphatic heterocycles. The predicted molar refractivity (Wildman–Crippen MR) is 93.6 cm³/mol. The molecule has 7 atom stereocenters. The third-order valence-electron chi connectivity index (χ3n) is 6.91. The molecule has 1 aromatic heterocycles. The van der Waals surface area contributed by atoms with Crippen LogP contribution in [0.4, 0.5) is 0 Å². The van der Waals surface area contributed by atoms with Crippen LogP contribution in [-0.4, -0.2) is 41.6 Å². The maximum absolute atomic E-state index is 11.9. The number of nitrogens with one attached hydrogen (secondary N) is 1. The first kappa shape index (κ1) is 15.1. The maximum Gasteiger partial charge on any atom is 0.124 e. The number of nitrogens with zero attached hydrogens (tertiary/aromatic N) is 1. The SMILES string of the molecule is COc1ccc2[nH]c3c(c2c1)C[C@H]1[C@H](C=O)C2C[C@@H]3N1[C@@H](C)[C@@H]2C=O. The van der Waals surface area contributed by atoms with E-state index in [4.69, 9.17) is 4.74 Å². The van der Waals surface area contributed by atoms with Crippen molar-refractivity contribution in [3.63, 3.8) is 0 Å². The Balaban J connectivity index is 1.68. The zero-order valence-electron chi connectivity index (χ0n) is 14.4. The Hall–Kier alpha value is -2.14. The van der Waals surface area contributed by atoms with Gasteiger partial charge in [-0.05, 0) is 49.4 Å². The first-order valence-electron chi connectivity index (χ1n) is 9.04. The molecule has 5 heteroatoms. The van der Waals surface area contributed by atoms with E-state index in [1.54, 1.807) is 7.11 Å². The number of hydrogen-bond donors (Lipinski definition) is 1. The van der Waals surface area contributed by atoms with Crippen molar-refractivity contribution in [3.8, 4) is 5.75 Å². The van der Waals surface area contributed by atoms with Crippen LogP contribution < -0.4 is 4.74 Å². The zero-order valence-corrected chi connectivity index (χ0v) is 14.4. The quantitative estimate of drug-likeness (QED) is 0.874. The number of rotatable bonds is 3. The molecular formula is C20H22N2O3. The number of piperidine rings is 3. The van der Waals surface area contributed by atoms with Gasteiger partial charge in [0.25, 0.3) is 0 Å². The number of methoxy groups -OCH3 is 1. The van der Waals surface area contributed by atoms with Crippen LogP contribution >= 0.6 is 0 Å². The molecule has 0 radical (unpaired) electrons. The molecule has 0 aliphatic carbocycles. The van der Waals surface area contributed by atoms with E-state index in [2.05, 4.69) is 28.9 Å². The Morgan fingerprint density at radius 2 is 2.04 bits per heavy atom. The largest absolute Gasteiger partial charge is 0.497 e. The average molecular weight is 338 g/mol. The van der Waals surface area contributed by atoms with Crippen LogP contribution in [0.1, 0.15) is 30.6 Å². The Morgan fingerprint density at radius 3 is 2.76 bits per heavy atom. The molecular weight excluding hydrogens is 316 g/mol. The summed E-state index contributed by atoms with van der Waals surface area (Å²) in [6.45, 7) is 2.14. The number of carbonyl (C=O) groups excluding carboxylic acids is 2. The smallest absolute Gasteiger partial charge is 0.124 e. The molecule has 1 N–H and O–H groups in total. The van der Waals surface area contributed by atoms with Gasteiger partial charge in [-0.2, -0.15) is 0 Å². The summed E-state index contributed by atoms with van der Waals surface area (Å²) >= 11 is 0. The third-order valence-corrected chi connectivity index (χ3v) is 6.91. The molecule has 0 amide bonds. The first-order chi connectivity index (χ1) is 12.2. The van der Waals surface area contributed by atoms with E-state index in [0.29, 0.717) is 0 Å². The van der Waals surface area contributed by atoms with Crippen molar-refractivity contribution in [2.75, 3.05) is 7.11 Å². The summed E-state index contributed by atoms with van der Waals surface area (Å²) in [4.78, 5) is 29.6. The lowest BCUT2D eigenvalue weighted by Crippen LogP contribution is -2.66. The lowest BCUT2D eigenvalue weighted by molar-refractivity contribution is -0.153. The number of aromatic nitrogens is 1. The lowest BCUT2D eigenvalue weighted by Gasteiger charge is -2.61. The van der Waals surface area contributed by atoms with Crippen molar-refractivity contribution in [2.45, 2.75) is 37.9 Å². The number of fused-ring (bicyclic) bond motifs is 4. The van der Waals surface area contributed by atoms with E-state index >= 15 is 0 Å².